The van der Waals surface area contributed by atoms with Crippen LogP contribution in [0.15, 0.2) is 12.1 Å². The van der Waals surface area contributed by atoms with E-state index in [1.807, 2.05) is 6.07 Å². The van der Waals surface area contributed by atoms with Gasteiger partial charge in [0.1, 0.15) is 5.75 Å². The summed E-state index contributed by atoms with van der Waals surface area (Å²) in [5, 5.41) is 0.615. The first kappa shape index (κ1) is 12.9. The van der Waals surface area contributed by atoms with E-state index in [1.165, 1.54) is 0 Å². The second-order valence-electron chi connectivity index (χ2n) is 5.14. The third-order valence-corrected chi connectivity index (χ3v) is 3.98. The van der Waals surface area contributed by atoms with Crippen LogP contribution in [0.2, 0.25) is 5.02 Å². The van der Waals surface area contributed by atoms with Crippen molar-refractivity contribution >= 4 is 17.4 Å². The van der Waals surface area contributed by atoms with Crippen LogP contribution in [0.4, 0.5) is 0 Å². The third-order valence-electron chi connectivity index (χ3n) is 3.77. The van der Waals surface area contributed by atoms with Crippen molar-refractivity contribution in [3.63, 3.8) is 0 Å². The molecule has 2 aliphatic rings. The third kappa shape index (κ3) is 2.77. The van der Waals surface area contributed by atoms with Gasteiger partial charge in [-0.25, -0.2) is 0 Å². The minimum Gasteiger partial charge on any atom is -0.492 e. The molecule has 0 spiro atoms. The highest BCUT2D eigenvalue weighted by atomic mass is 35.5. The highest BCUT2D eigenvalue weighted by Crippen LogP contribution is 2.34. The molecule has 0 radical (unpaired) electrons. The molecule has 0 saturated carbocycles. The molecule has 1 unspecified atom stereocenters. The van der Waals surface area contributed by atoms with Crippen molar-refractivity contribution in [2.24, 2.45) is 0 Å². The number of ketones is 1. The average Bonchev–Trinajstić information content (AvgIpc) is 3.05. The van der Waals surface area contributed by atoms with Gasteiger partial charge in [-0.15, -0.1) is 0 Å². The minimum absolute atomic E-state index is 0.108. The standard InChI is InChI=1S/C15H17ClO3/c16-11-8-10-5-7-19-15(10)13(9-11)14(17)4-3-12-2-1-6-18-12/h8-9,12H,1-7H2. The number of benzene rings is 1. The van der Waals surface area contributed by atoms with Gasteiger partial charge in [-0.3, -0.25) is 4.79 Å². The summed E-state index contributed by atoms with van der Waals surface area (Å²) in [5.41, 5.74) is 1.69. The molecule has 0 aliphatic carbocycles. The fourth-order valence-electron chi connectivity index (χ4n) is 2.78. The quantitative estimate of drug-likeness (QED) is 0.793. The Morgan fingerprint density at radius 3 is 3.05 bits per heavy atom. The minimum atomic E-state index is 0.108. The van der Waals surface area contributed by atoms with E-state index in [-0.39, 0.29) is 11.9 Å². The van der Waals surface area contributed by atoms with Crippen LogP contribution < -0.4 is 4.74 Å². The van der Waals surface area contributed by atoms with Gasteiger partial charge >= 0.3 is 0 Å². The second kappa shape index (κ2) is 5.51. The summed E-state index contributed by atoms with van der Waals surface area (Å²) in [6.45, 7) is 1.47. The largest absolute Gasteiger partial charge is 0.492 e. The Bertz CT molecular complexity index is 492. The summed E-state index contributed by atoms with van der Waals surface area (Å²) in [5.74, 6) is 0.845. The summed E-state index contributed by atoms with van der Waals surface area (Å²) in [6, 6.07) is 3.62. The number of hydrogen-bond donors (Lipinski definition) is 0. The molecule has 1 saturated heterocycles. The van der Waals surface area contributed by atoms with E-state index in [2.05, 4.69) is 0 Å². The summed E-state index contributed by atoms with van der Waals surface area (Å²) in [7, 11) is 0. The Hall–Kier alpha value is -1.06. The van der Waals surface area contributed by atoms with Crippen molar-refractivity contribution in [2.45, 2.75) is 38.2 Å². The number of halogens is 1. The normalized spacial score (nSPS) is 21.2. The Labute approximate surface area is 117 Å². The second-order valence-corrected chi connectivity index (χ2v) is 5.57. The van der Waals surface area contributed by atoms with Crippen LogP contribution in [0.1, 0.15) is 41.6 Å². The molecule has 19 heavy (non-hydrogen) atoms. The maximum absolute atomic E-state index is 12.3. The van der Waals surface area contributed by atoms with Crippen molar-refractivity contribution in [3.8, 4) is 5.75 Å². The monoisotopic (exact) mass is 280 g/mol. The molecule has 0 amide bonds. The van der Waals surface area contributed by atoms with Crippen LogP contribution in [-0.2, 0) is 11.2 Å². The van der Waals surface area contributed by atoms with Crippen molar-refractivity contribution in [1.29, 1.82) is 0 Å². The molecule has 1 atom stereocenters. The predicted molar refractivity (Wildman–Crippen MR) is 73.2 cm³/mol. The van der Waals surface area contributed by atoms with E-state index in [4.69, 9.17) is 21.1 Å². The van der Waals surface area contributed by atoms with Crippen molar-refractivity contribution in [1.82, 2.24) is 0 Å². The average molecular weight is 281 g/mol. The zero-order chi connectivity index (χ0) is 13.2. The maximum atomic E-state index is 12.3. The molecule has 0 N–H and O–H groups in total. The van der Waals surface area contributed by atoms with Crippen LogP contribution >= 0.6 is 11.6 Å². The number of Topliss-reactive ketones (excluding diaryl/α,β-unsaturated/α-hetero) is 1. The van der Waals surface area contributed by atoms with Gasteiger partial charge in [0.15, 0.2) is 5.78 Å². The van der Waals surface area contributed by atoms with Gasteiger partial charge in [-0.1, -0.05) is 11.6 Å². The lowest BCUT2D eigenvalue weighted by Crippen LogP contribution is -2.09. The van der Waals surface area contributed by atoms with Gasteiger partial charge in [0.25, 0.3) is 0 Å². The molecule has 0 bridgehead atoms. The lowest BCUT2D eigenvalue weighted by Gasteiger charge is -2.10. The van der Waals surface area contributed by atoms with Crippen LogP contribution in [0.3, 0.4) is 0 Å². The van der Waals surface area contributed by atoms with E-state index in [0.717, 1.165) is 43.6 Å². The molecule has 102 valence electrons. The maximum Gasteiger partial charge on any atom is 0.166 e. The SMILES string of the molecule is O=C(CCC1CCCO1)c1cc(Cl)cc2c1OCC2. The number of carbonyl (C=O) groups is 1. The van der Waals surface area contributed by atoms with E-state index in [0.29, 0.717) is 23.6 Å². The summed E-state index contributed by atoms with van der Waals surface area (Å²) < 4.78 is 11.1. The van der Waals surface area contributed by atoms with Crippen molar-refractivity contribution in [3.05, 3.63) is 28.3 Å². The molecule has 1 fully saturated rings. The van der Waals surface area contributed by atoms with Gasteiger partial charge in [-0.05, 0) is 37.0 Å². The molecule has 2 heterocycles. The molecule has 4 heteroatoms. The Balaban J connectivity index is 1.72. The van der Waals surface area contributed by atoms with Gasteiger partial charge < -0.3 is 9.47 Å². The predicted octanol–water partition coefficient (Wildman–Crippen LogP) is 3.42. The first-order chi connectivity index (χ1) is 9.24. The van der Waals surface area contributed by atoms with Crippen LogP contribution in [0.25, 0.3) is 0 Å². The Morgan fingerprint density at radius 1 is 1.37 bits per heavy atom. The zero-order valence-electron chi connectivity index (χ0n) is 10.8. The fourth-order valence-corrected chi connectivity index (χ4v) is 3.02. The highest BCUT2D eigenvalue weighted by molar-refractivity contribution is 6.31. The molecule has 2 aliphatic heterocycles. The van der Waals surface area contributed by atoms with E-state index >= 15 is 0 Å². The smallest absolute Gasteiger partial charge is 0.166 e. The van der Waals surface area contributed by atoms with Crippen LogP contribution in [0.5, 0.6) is 5.75 Å². The summed E-state index contributed by atoms with van der Waals surface area (Å²) in [6.07, 6.45) is 4.55. The molecular weight excluding hydrogens is 264 g/mol. The van der Waals surface area contributed by atoms with E-state index < -0.39 is 0 Å². The number of carbonyl (C=O) groups excluding carboxylic acids is 1. The van der Waals surface area contributed by atoms with Gasteiger partial charge in [0.2, 0.25) is 0 Å². The van der Waals surface area contributed by atoms with Gasteiger partial charge in [-0.2, -0.15) is 0 Å². The lowest BCUT2D eigenvalue weighted by molar-refractivity contribution is 0.0857. The van der Waals surface area contributed by atoms with Crippen LogP contribution in [0, 0.1) is 0 Å². The molecule has 3 nitrogen and oxygen atoms in total. The summed E-state index contributed by atoms with van der Waals surface area (Å²) >= 11 is 6.07. The van der Waals surface area contributed by atoms with Gasteiger partial charge in [0.05, 0.1) is 18.3 Å². The fraction of sp³-hybridized carbons (Fsp3) is 0.533. The zero-order valence-corrected chi connectivity index (χ0v) is 11.5. The molecular formula is C15H17ClO3. The van der Waals surface area contributed by atoms with E-state index in [9.17, 15) is 4.79 Å². The molecule has 1 aromatic carbocycles. The van der Waals surface area contributed by atoms with Crippen LogP contribution in [-0.4, -0.2) is 25.1 Å². The first-order valence-electron chi connectivity index (χ1n) is 6.84. The number of hydrogen-bond acceptors (Lipinski definition) is 3. The van der Waals surface area contributed by atoms with Crippen molar-refractivity contribution in [2.75, 3.05) is 13.2 Å². The molecule has 0 aromatic heterocycles. The highest BCUT2D eigenvalue weighted by Gasteiger charge is 2.23. The van der Waals surface area contributed by atoms with E-state index in [1.54, 1.807) is 6.07 Å². The Kier molecular flexibility index (Phi) is 3.76. The first-order valence-corrected chi connectivity index (χ1v) is 7.22. The molecule has 3 rings (SSSR count). The lowest BCUT2D eigenvalue weighted by atomic mass is 10.00. The Morgan fingerprint density at radius 2 is 2.26 bits per heavy atom. The number of rotatable bonds is 4. The number of fused-ring (bicyclic) bond motifs is 1. The number of ether oxygens (including phenoxy) is 2. The topological polar surface area (TPSA) is 35.5 Å². The molecule has 1 aromatic rings. The summed E-state index contributed by atoms with van der Waals surface area (Å²) in [4.78, 5) is 12.3. The van der Waals surface area contributed by atoms with Gasteiger partial charge in [0, 0.05) is 24.5 Å². The van der Waals surface area contributed by atoms with Crippen molar-refractivity contribution < 1.29 is 14.3 Å².